The lowest BCUT2D eigenvalue weighted by atomic mass is 9.80. The van der Waals surface area contributed by atoms with E-state index in [9.17, 15) is 24.0 Å². The van der Waals surface area contributed by atoms with E-state index in [1.807, 2.05) is 41.5 Å². The Kier molecular flexibility index (Phi) is 8.72. The van der Waals surface area contributed by atoms with Gasteiger partial charge in [-0.05, 0) is 52.4 Å². The Morgan fingerprint density at radius 3 is 2.10 bits per heavy atom. The lowest BCUT2D eigenvalue weighted by molar-refractivity contribution is -0.171. The highest BCUT2D eigenvalue weighted by atomic mass is 16.8. The van der Waals surface area contributed by atoms with Crippen molar-refractivity contribution >= 4 is 29.5 Å². The van der Waals surface area contributed by atoms with Crippen LogP contribution in [0, 0.1) is 11.3 Å². The first-order valence-corrected chi connectivity index (χ1v) is 13.7. The average molecular weight is 552 g/mol. The summed E-state index contributed by atoms with van der Waals surface area (Å²) < 4.78 is 12.0. The standard InChI is InChI=1S/C27H45N5O7/c1-25(2,3)20(30-24(37)31-26(4,5)6)23(36)32-13-16-19(39-27(7,8)38-16)17(32)22(35)29-15(18(33)21(28)34)12-14-10-9-11-14/h14-17,19-20H,9-13H2,1-8H3,(H2,28,34)(H,29,35)(H2,30,31,37)/t15?,16-,17-,19-,20+/m0/s1. The first-order valence-electron chi connectivity index (χ1n) is 13.7. The monoisotopic (exact) mass is 551 g/mol. The maximum Gasteiger partial charge on any atom is 0.315 e. The summed E-state index contributed by atoms with van der Waals surface area (Å²) in [5.41, 5.74) is 4.04. The molecule has 12 nitrogen and oxygen atoms in total. The minimum absolute atomic E-state index is 0.0528. The third kappa shape index (κ3) is 7.47. The molecular formula is C27H45N5O7. The second-order valence-corrected chi connectivity index (χ2v) is 13.5. The van der Waals surface area contributed by atoms with Gasteiger partial charge in [0.15, 0.2) is 5.79 Å². The zero-order valence-electron chi connectivity index (χ0n) is 24.4. The number of urea groups is 1. The van der Waals surface area contributed by atoms with E-state index in [1.54, 1.807) is 13.8 Å². The molecule has 39 heavy (non-hydrogen) atoms. The van der Waals surface area contributed by atoms with E-state index < -0.39 is 76.6 Å². The van der Waals surface area contributed by atoms with Gasteiger partial charge in [-0.3, -0.25) is 19.2 Å². The number of nitrogens with zero attached hydrogens (tertiary/aromatic N) is 1. The van der Waals surface area contributed by atoms with Crippen molar-refractivity contribution in [2.24, 2.45) is 17.1 Å². The minimum atomic E-state index is -1.15. The quantitative estimate of drug-likeness (QED) is 0.326. The van der Waals surface area contributed by atoms with Gasteiger partial charge in [0.05, 0.1) is 12.6 Å². The molecule has 3 rings (SSSR count). The molecule has 1 aliphatic carbocycles. The van der Waals surface area contributed by atoms with Gasteiger partial charge < -0.3 is 36.1 Å². The van der Waals surface area contributed by atoms with Gasteiger partial charge in [-0.1, -0.05) is 40.0 Å². The minimum Gasteiger partial charge on any atom is -0.363 e. The number of hydrogen-bond acceptors (Lipinski definition) is 7. The summed E-state index contributed by atoms with van der Waals surface area (Å²) in [5, 5.41) is 8.27. The fourth-order valence-electron chi connectivity index (χ4n) is 5.32. The van der Waals surface area contributed by atoms with Gasteiger partial charge in [0.25, 0.3) is 5.91 Å². The molecule has 5 amide bonds. The first-order chi connectivity index (χ1) is 17.8. The molecular weight excluding hydrogens is 506 g/mol. The summed E-state index contributed by atoms with van der Waals surface area (Å²) in [4.78, 5) is 66.2. The Hall–Kier alpha value is -2.73. The van der Waals surface area contributed by atoms with Gasteiger partial charge in [-0.15, -0.1) is 0 Å². The number of primary amides is 1. The highest BCUT2D eigenvalue weighted by molar-refractivity contribution is 6.37. The van der Waals surface area contributed by atoms with Crippen molar-refractivity contribution in [2.75, 3.05) is 6.54 Å². The molecule has 12 heteroatoms. The topological polar surface area (TPSA) is 169 Å². The number of ketones is 1. The molecule has 0 aromatic rings. The summed E-state index contributed by atoms with van der Waals surface area (Å²) in [6, 6.07) is -3.75. The van der Waals surface area contributed by atoms with Crippen LogP contribution >= 0.6 is 0 Å². The third-order valence-electron chi connectivity index (χ3n) is 7.34. The Labute approximate surface area is 230 Å². The Balaban J connectivity index is 1.89. The van der Waals surface area contributed by atoms with Crippen LogP contribution in [0.3, 0.4) is 0 Å². The zero-order chi connectivity index (χ0) is 29.5. The Morgan fingerprint density at radius 2 is 1.62 bits per heavy atom. The van der Waals surface area contributed by atoms with E-state index in [-0.39, 0.29) is 12.5 Å². The van der Waals surface area contributed by atoms with Crippen LogP contribution in [0.2, 0.25) is 0 Å². The van der Waals surface area contributed by atoms with Gasteiger partial charge in [0.1, 0.15) is 24.3 Å². The van der Waals surface area contributed by atoms with Crippen LogP contribution in [-0.2, 0) is 28.7 Å². The van der Waals surface area contributed by atoms with Crippen LogP contribution in [0.1, 0.15) is 81.1 Å². The molecule has 220 valence electrons. The van der Waals surface area contributed by atoms with Gasteiger partial charge in [0, 0.05) is 5.54 Å². The second kappa shape index (κ2) is 11.0. The van der Waals surface area contributed by atoms with E-state index in [1.165, 1.54) is 4.90 Å². The molecule has 0 bridgehead atoms. The van der Waals surface area contributed by atoms with Gasteiger partial charge >= 0.3 is 6.03 Å². The average Bonchev–Trinajstić information content (AvgIpc) is 3.21. The molecule has 5 N–H and O–H groups in total. The maximum atomic E-state index is 14.0. The van der Waals surface area contributed by atoms with Crippen molar-refractivity contribution in [2.45, 2.75) is 123 Å². The Bertz CT molecular complexity index is 995. The summed E-state index contributed by atoms with van der Waals surface area (Å²) in [5.74, 6) is -3.90. The predicted molar refractivity (Wildman–Crippen MR) is 142 cm³/mol. The molecule has 0 aromatic carbocycles. The van der Waals surface area contributed by atoms with Crippen molar-refractivity contribution in [3.8, 4) is 0 Å². The summed E-state index contributed by atoms with van der Waals surface area (Å²) in [7, 11) is 0. The van der Waals surface area contributed by atoms with E-state index in [2.05, 4.69) is 16.0 Å². The number of amides is 5. The number of likely N-dealkylation sites (tertiary alicyclic amines) is 1. The van der Waals surface area contributed by atoms with Crippen molar-refractivity contribution in [3.05, 3.63) is 0 Å². The van der Waals surface area contributed by atoms with E-state index >= 15 is 0 Å². The van der Waals surface area contributed by atoms with Gasteiger partial charge in [0.2, 0.25) is 17.6 Å². The highest BCUT2D eigenvalue weighted by Crippen LogP contribution is 2.38. The molecule has 3 aliphatic rings. The lowest BCUT2D eigenvalue weighted by Gasteiger charge is -2.37. The van der Waals surface area contributed by atoms with Gasteiger partial charge in [-0.2, -0.15) is 0 Å². The summed E-state index contributed by atoms with van der Waals surface area (Å²) in [6.07, 6.45) is 1.72. The molecule has 0 aromatic heterocycles. The molecule has 2 aliphatic heterocycles. The number of rotatable bonds is 8. The number of carbonyl (C=O) groups excluding carboxylic acids is 5. The third-order valence-corrected chi connectivity index (χ3v) is 7.34. The number of nitrogens with two attached hydrogens (primary N) is 1. The van der Waals surface area contributed by atoms with Crippen molar-refractivity contribution in [3.63, 3.8) is 0 Å². The van der Waals surface area contributed by atoms with Crippen LogP contribution in [-0.4, -0.2) is 82.6 Å². The van der Waals surface area contributed by atoms with Crippen LogP contribution in [0.25, 0.3) is 0 Å². The summed E-state index contributed by atoms with van der Waals surface area (Å²) >= 11 is 0. The van der Waals surface area contributed by atoms with Crippen molar-refractivity contribution < 1.29 is 33.4 Å². The molecule has 5 atom stereocenters. The number of ether oxygens (including phenoxy) is 2. The molecule has 0 spiro atoms. The fourth-order valence-corrected chi connectivity index (χ4v) is 5.32. The lowest BCUT2D eigenvalue weighted by Crippen LogP contribution is -2.62. The van der Waals surface area contributed by atoms with Crippen LogP contribution < -0.4 is 21.7 Å². The number of Topliss-reactive ketones (excluding diaryl/α,β-unsaturated/α-hetero) is 1. The fraction of sp³-hybridized carbons (Fsp3) is 0.815. The van der Waals surface area contributed by atoms with E-state index in [0.717, 1.165) is 19.3 Å². The van der Waals surface area contributed by atoms with E-state index in [4.69, 9.17) is 15.2 Å². The number of carbonyl (C=O) groups is 5. The SMILES string of the molecule is CC(C)(C)NC(=O)N[C@H](C(=O)N1C[C@@H]2OC(C)(C)O[C@@H]2[C@H]1C(=O)NC(CC1CCC1)C(=O)C(N)=O)C(C)(C)C. The predicted octanol–water partition coefficient (Wildman–Crippen LogP) is 0.959. The zero-order valence-corrected chi connectivity index (χ0v) is 24.4. The Morgan fingerprint density at radius 1 is 1.00 bits per heavy atom. The van der Waals surface area contributed by atoms with E-state index in [0.29, 0.717) is 6.42 Å². The molecule has 2 saturated heterocycles. The van der Waals surface area contributed by atoms with Crippen molar-refractivity contribution in [1.82, 2.24) is 20.9 Å². The number of hydrogen-bond donors (Lipinski definition) is 4. The van der Waals surface area contributed by atoms with Crippen LogP contribution in [0.4, 0.5) is 4.79 Å². The number of fused-ring (bicyclic) bond motifs is 1. The normalized spacial score (nSPS) is 26.2. The smallest absolute Gasteiger partial charge is 0.315 e. The molecule has 2 heterocycles. The van der Waals surface area contributed by atoms with Crippen LogP contribution in [0.15, 0.2) is 0 Å². The first kappa shape index (κ1) is 30.8. The summed E-state index contributed by atoms with van der Waals surface area (Å²) in [6.45, 7) is 14.4. The molecule has 1 saturated carbocycles. The molecule has 1 unspecified atom stereocenters. The van der Waals surface area contributed by atoms with Crippen LogP contribution in [0.5, 0.6) is 0 Å². The maximum absolute atomic E-state index is 14.0. The highest BCUT2D eigenvalue weighted by Gasteiger charge is 2.58. The largest absolute Gasteiger partial charge is 0.363 e. The molecule has 3 fully saturated rings. The second-order valence-electron chi connectivity index (χ2n) is 13.5. The number of nitrogens with one attached hydrogen (secondary N) is 3. The van der Waals surface area contributed by atoms with Gasteiger partial charge in [-0.25, -0.2) is 4.79 Å². The van der Waals surface area contributed by atoms with Crippen molar-refractivity contribution in [1.29, 1.82) is 0 Å². The molecule has 0 radical (unpaired) electrons.